The second kappa shape index (κ2) is 7.53. The molecule has 5 nitrogen and oxygen atoms in total. The highest BCUT2D eigenvalue weighted by atomic mass is 32.1. The minimum atomic E-state index is -0.283. The molecule has 2 rings (SSSR count). The normalized spacial score (nSPS) is 9.81. The van der Waals surface area contributed by atoms with Crippen LogP contribution in [0.4, 0.5) is 0 Å². The highest BCUT2D eigenvalue weighted by molar-refractivity contribution is 7.09. The number of aromatic nitrogens is 2. The van der Waals surface area contributed by atoms with E-state index in [0.29, 0.717) is 18.5 Å². The Morgan fingerprint density at radius 2 is 2.38 bits per heavy atom. The predicted octanol–water partition coefficient (Wildman–Crippen LogP) is 1.51. The Balaban J connectivity index is 2.07. The summed E-state index contributed by atoms with van der Waals surface area (Å²) < 4.78 is 0. The number of hydrogen-bond acceptors (Lipinski definition) is 5. The van der Waals surface area contributed by atoms with Crippen LogP contribution in [0, 0.1) is 18.8 Å². The molecule has 2 N–H and O–H groups in total. The second-order valence-corrected chi connectivity index (χ2v) is 5.28. The maximum atomic E-state index is 12.2. The van der Waals surface area contributed by atoms with Gasteiger partial charge in [0.05, 0.1) is 29.4 Å². The van der Waals surface area contributed by atoms with E-state index < -0.39 is 0 Å². The Kier molecular flexibility index (Phi) is 5.43. The van der Waals surface area contributed by atoms with Crippen LogP contribution in [0.2, 0.25) is 0 Å². The third-order valence-corrected chi connectivity index (χ3v) is 3.40. The van der Waals surface area contributed by atoms with Crippen molar-refractivity contribution in [2.24, 2.45) is 0 Å². The summed E-state index contributed by atoms with van der Waals surface area (Å²) in [5.41, 5.74) is 1.67. The van der Waals surface area contributed by atoms with Crippen molar-refractivity contribution in [2.75, 3.05) is 6.61 Å². The highest BCUT2D eigenvalue weighted by Crippen LogP contribution is 2.08. The maximum Gasteiger partial charge on any atom is 0.271 e. The fourth-order valence-electron chi connectivity index (χ4n) is 1.64. The maximum absolute atomic E-state index is 12.2. The van der Waals surface area contributed by atoms with Gasteiger partial charge in [-0.2, -0.15) is 0 Å². The number of hydrogen-bond donors (Lipinski definition) is 2. The molecule has 0 saturated carbocycles. The van der Waals surface area contributed by atoms with Gasteiger partial charge in [-0.1, -0.05) is 11.8 Å². The van der Waals surface area contributed by atoms with Gasteiger partial charge >= 0.3 is 0 Å². The smallest absolute Gasteiger partial charge is 0.271 e. The summed E-state index contributed by atoms with van der Waals surface area (Å²) in [4.78, 5) is 20.5. The monoisotopic (exact) mass is 301 g/mol. The Bertz CT molecular complexity index is 685. The van der Waals surface area contributed by atoms with Gasteiger partial charge in [0.15, 0.2) is 0 Å². The number of thiazole rings is 1. The van der Waals surface area contributed by atoms with Crippen LogP contribution in [0.15, 0.2) is 23.7 Å². The highest BCUT2D eigenvalue weighted by Gasteiger charge is 2.11. The zero-order valence-corrected chi connectivity index (χ0v) is 12.4. The molecule has 0 spiro atoms. The number of carbonyl (C=O) groups excluding carboxylic acids is 1. The molecule has 21 heavy (non-hydrogen) atoms. The van der Waals surface area contributed by atoms with Gasteiger partial charge in [0.25, 0.3) is 5.91 Å². The van der Waals surface area contributed by atoms with E-state index in [-0.39, 0.29) is 18.2 Å². The number of rotatable bonds is 4. The third-order valence-electron chi connectivity index (χ3n) is 2.58. The summed E-state index contributed by atoms with van der Waals surface area (Å²) >= 11 is 1.54. The average Bonchev–Trinajstić information content (AvgIpc) is 2.91. The van der Waals surface area contributed by atoms with Crippen LogP contribution in [0.3, 0.4) is 0 Å². The number of pyridine rings is 1. The summed E-state index contributed by atoms with van der Waals surface area (Å²) in [6, 6.07) is 3.46. The number of amides is 1. The van der Waals surface area contributed by atoms with Crippen molar-refractivity contribution in [1.29, 1.82) is 0 Å². The Morgan fingerprint density at radius 1 is 1.52 bits per heavy atom. The van der Waals surface area contributed by atoms with Crippen LogP contribution in [0.1, 0.15) is 33.2 Å². The first-order valence-electron chi connectivity index (χ1n) is 6.44. The van der Waals surface area contributed by atoms with Gasteiger partial charge in [0, 0.05) is 18.0 Å². The molecular formula is C15H15N3O2S. The van der Waals surface area contributed by atoms with E-state index in [0.717, 1.165) is 10.7 Å². The fourth-order valence-corrected chi connectivity index (χ4v) is 2.26. The van der Waals surface area contributed by atoms with Crippen LogP contribution in [0.5, 0.6) is 0 Å². The van der Waals surface area contributed by atoms with Crippen LogP contribution < -0.4 is 5.32 Å². The number of aryl methyl sites for hydroxylation is 1. The minimum absolute atomic E-state index is 0.00202. The lowest BCUT2D eigenvalue weighted by Crippen LogP contribution is -2.24. The van der Waals surface area contributed by atoms with E-state index in [1.54, 1.807) is 29.7 Å². The molecule has 0 aliphatic heterocycles. The van der Waals surface area contributed by atoms with Crippen molar-refractivity contribution in [3.8, 4) is 11.8 Å². The van der Waals surface area contributed by atoms with Gasteiger partial charge in [0.1, 0.15) is 5.69 Å². The van der Waals surface area contributed by atoms with Gasteiger partial charge in [-0.25, -0.2) is 9.97 Å². The third kappa shape index (κ3) is 4.38. The number of nitrogens with zero attached hydrogens (tertiary/aromatic N) is 2. The number of aliphatic hydroxyl groups excluding tert-OH is 1. The number of aliphatic hydroxyl groups is 1. The first kappa shape index (κ1) is 15.2. The van der Waals surface area contributed by atoms with Crippen LogP contribution in [-0.2, 0) is 6.54 Å². The first-order chi connectivity index (χ1) is 10.2. The van der Waals surface area contributed by atoms with Crippen LogP contribution in [0.25, 0.3) is 0 Å². The molecule has 0 bridgehead atoms. The largest absolute Gasteiger partial charge is 0.395 e. The van der Waals surface area contributed by atoms with Crippen LogP contribution >= 0.6 is 11.3 Å². The molecule has 0 fully saturated rings. The molecule has 6 heteroatoms. The van der Waals surface area contributed by atoms with Gasteiger partial charge in [-0.15, -0.1) is 11.3 Å². The number of nitrogens with one attached hydrogen (secondary N) is 1. The first-order valence-corrected chi connectivity index (χ1v) is 7.32. The van der Waals surface area contributed by atoms with Gasteiger partial charge in [-0.3, -0.25) is 4.79 Å². The Hall–Kier alpha value is -2.23. The number of carbonyl (C=O) groups is 1. The molecule has 0 aliphatic rings. The molecular weight excluding hydrogens is 286 g/mol. The molecule has 0 radical (unpaired) electrons. The van der Waals surface area contributed by atoms with E-state index >= 15 is 0 Å². The average molecular weight is 301 g/mol. The second-order valence-electron chi connectivity index (χ2n) is 4.22. The molecule has 0 atom stereocenters. The topological polar surface area (TPSA) is 75.1 Å². The van der Waals surface area contributed by atoms with Crippen molar-refractivity contribution in [1.82, 2.24) is 15.3 Å². The fraction of sp³-hybridized carbons (Fsp3) is 0.267. The SMILES string of the molecule is Cc1nc(CNC(=O)c2ncccc2C#CCCO)cs1. The summed E-state index contributed by atoms with van der Waals surface area (Å²) in [6.07, 6.45) is 1.92. The zero-order valence-electron chi connectivity index (χ0n) is 11.6. The van der Waals surface area contributed by atoms with Crippen molar-refractivity contribution in [3.05, 3.63) is 45.7 Å². The molecule has 0 saturated heterocycles. The van der Waals surface area contributed by atoms with Crippen molar-refractivity contribution in [3.63, 3.8) is 0 Å². The van der Waals surface area contributed by atoms with E-state index in [4.69, 9.17) is 5.11 Å². The van der Waals surface area contributed by atoms with E-state index in [1.807, 2.05) is 12.3 Å². The van der Waals surface area contributed by atoms with Crippen LogP contribution in [-0.4, -0.2) is 27.6 Å². The lowest BCUT2D eigenvalue weighted by atomic mass is 10.2. The van der Waals surface area contributed by atoms with Gasteiger partial charge < -0.3 is 10.4 Å². The Labute approximate surface area is 127 Å². The lowest BCUT2D eigenvalue weighted by Gasteiger charge is -2.04. The van der Waals surface area contributed by atoms with Crippen molar-refractivity contribution >= 4 is 17.2 Å². The quantitative estimate of drug-likeness (QED) is 0.839. The van der Waals surface area contributed by atoms with Crippen molar-refractivity contribution < 1.29 is 9.90 Å². The standard InChI is InChI=1S/C15H15N3O2S/c1-11-18-13(10-21-11)9-17-15(20)14-12(5-2-3-8-19)6-4-7-16-14/h4,6-7,10,19H,3,8-9H2,1H3,(H,17,20). The van der Waals surface area contributed by atoms with Gasteiger partial charge in [-0.05, 0) is 19.1 Å². The van der Waals surface area contributed by atoms with Gasteiger partial charge in [0.2, 0.25) is 0 Å². The molecule has 0 aromatic carbocycles. The van der Waals surface area contributed by atoms with E-state index in [2.05, 4.69) is 27.1 Å². The lowest BCUT2D eigenvalue weighted by molar-refractivity contribution is 0.0945. The minimum Gasteiger partial charge on any atom is -0.395 e. The zero-order chi connectivity index (χ0) is 15.1. The summed E-state index contributed by atoms with van der Waals surface area (Å²) in [5, 5.41) is 14.4. The molecule has 2 aromatic rings. The summed E-state index contributed by atoms with van der Waals surface area (Å²) in [7, 11) is 0. The van der Waals surface area contributed by atoms with Crippen molar-refractivity contribution in [2.45, 2.75) is 19.9 Å². The van der Waals surface area contributed by atoms with E-state index in [9.17, 15) is 4.79 Å². The molecule has 2 aromatic heterocycles. The molecule has 2 heterocycles. The molecule has 0 unspecified atom stereocenters. The summed E-state index contributed by atoms with van der Waals surface area (Å²) in [6.45, 7) is 2.28. The van der Waals surface area contributed by atoms with E-state index in [1.165, 1.54) is 0 Å². The molecule has 0 aliphatic carbocycles. The predicted molar refractivity (Wildman–Crippen MR) is 80.8 cm³/mol. The molecule has 108 valence electrons. The Morgan fingerprint density at radius 3 is 3.10 bits per heavy atom. The summed E-state index contributed by atoms with van der Waals surface area (Å²) in [5.74, 6) is 5.36. The molecule has 1 amide bonds.